The number of hydrogen-bond acceptors (Lipinski definition) is 4. The van der Waals surface area contributed by atoms with Gasteiger partial charge in [-0.15, -0.1) is 0 Å². The number of nitrogens with zero attached hydrogens (tertiary/aromatic N) is 2. The topological polar surface area (TPSA) is 99.2 Å². The van der Waals surface area contributed by atoms with E-state index in [0.29, 0.717) is 10.0 Å². The molecule has 1 aromatic rings. The summed E-state index contributed by atoms with van der Waals surface area (Å²) in [7, 11) is 0. The lowest BCUT2D eigenvalue weighted by Crippen LogP contribution is -2.43. The van der Waals surface area contributed by atoms with E-state index >= 15 is 0 Å². The molecule has 2 heterocycles. The van der Waals surface area contributed by atoms with Gasteiger partial charge in [-0.05, 0) is 23.1 Å². The zero-order valence-electron chi connectivity index (χ0n) is 17.0. The lowest BCUT2D eigenvalue weighted by atomic mass is 9.88. The largest absolute Gasteiger partial charge is 0.465 e. The number of halogens is 2. The van der Waals surface area contributed by atoms with Crippen molar-refractivity contribution in [2.75, 3.05) is 26.2 Å². The second-order valence-corrected chi connectivity index (χ2v) is 9.58. The Bertz CT molecular complexity index is 857. The van der Waals surface area contributed by atoms with Gasteiger partial charge in [0.05, 0.1) is 28.8 Å². The summed E-state index contributed by atoms with van der Waals surface area (Å²) in [6, 6.07) is 4.66. The minimum atomic E-state index is -1.06. The molecule has 1 unspecified atom stereocenters. The van der Waals surface area contributed by atoms with Crippen molar-refractivity contribution < 1.29 is 24.2 Å². The molecule has 8 nitrogen and oxygen atoms in total. The maximum atomic E-state index is 12.1. The number of urea groups is 1. The molecule has 0 aliphatic carbocycles. The molecular formula is C20H25Cl2N3O5. The van der Waals surface area contributed by atoms with E-state index in [0.717, 1.165) is 5.56 Å². The number of hydrogen-bond donors (Lipinski definition) is 2. The third-order valence-electron chi connectivity index (χ3n) is 5.41. The molecule has 2 fully saturated rings. The van der Waals surface area contributed by atoms with Gasteiger partial charge in [0.25, 0.3) is 0 Å². The van der Waals surface area contributed by atoms with Crippen LogP contribution in [0, 0.1) is 11.3 Å². The maximum absolute atomic E-state index is 12.1. The van der Waals surface area contributed by atoms with Crippen LogP contribution in [0.15, 0.2) is 18.2 Å². The zero-order chi connectivity index (χ0) is 22.2. The monoisotopic (exact) mass is 457 g/mol. The van der Waals surface area contributed by atoms with Gasteiger partial charge in [0.2, 0.25) is 5.91 Å². The summed E-state index contributed by atoms with van der Waals surface area (Å²) in [5, 5.41) is 12.7. The first-order chi connectivity index (χ1) is 14.0. The van der Waals surface area contributed by atoms with Crippen LogP contribution in [0.2, 0.25) is 10.0 Å². The lowest BCUT2D eigenvalue weighted by molar-refractivity contribution is -0.118. The van der Waals surface area contributed by atoms with E-state index in [2.05, 4.69) is 5.32 Å². The van der Waals surface area contributed by atoms with Crippen molar-refractivity contribution in [3.8, 4) is 0 Å². The Balaban J connectivity index is 2.00. The Labute approximate surface area is 185 Å². The second kappa shape index (κ2) is 8.61. The normalized spacial score (nSPS) is 25.3. The first-order valence-electron chi connectivity index (χ1n) is 9.62. The molecule has 2 aliphatic rings. The number of carbonyl (C=O) groups is 3. The average Bonchev–Trinajstić information content (AvgIpc) is 2.84. The van der Waals surface area contributed by atoms with Crippen LogP contribution in [0.3, 0.4) is 0 Å². The number of nitrogens with one attached hydrogen (secondary N) is 1. The van der Waals surface area contributed by atoms with Crippen LogP contribution in [-0.2, 0) is 9.53 Å². The van der Waals surface area contributed by atoms with Crippen molar-refractivity contribution in [2.24, 2.45) is 11.3 Å². The molecule has 164 valence electrons. The van der Waals surface area contributed by atoms with Crippen LogP contribution in [0.25, 0.3) is 0 Å². The number of rotatable bonds is 3. The fourth-order valence-corrected chi connectivity index (χ4v) is 4.03. The Morgan fingerprint density at radius 3 is 2.47 bits per heavy atom. The molecule has 10 heteroatoms. The first-order valence-corrected chi connectivity index (χ1v) is 10.4. The predicted octanol–water partition coefficient (Wildman–Crippen LogP) is 3.63. The average molecular weight is 458 g/mol. The van der Waals surface area contributed by atoms with E-state index in [1.54, 1.807) is 18.2 Å². The van der Waals surface area contributed by atoms with E-state index < -0.39 is 30.3 Å². The van der Waals surface area contributed by atoms with Gasteiger partial charge < -0.3 is 19.6 Å². The van der Waals surface area contributed by atoms with Gasteiger partial charge in [0, 0.05) is 19.0 Å². The summed E-state index contributed by atoms with van der Waals surface area (Å²) in [4.78, 5) is 38.3. The fraction of sp³-hybridized carbons (Fsp3) is 0.550. The molecule has 1 aromatic carbocycles. The van der Waals surface area contributed by atoms with E-state index in [-0.39, 0.29) is 37.5 Å². The molecule has 0 radical (unpaired) electrons. The van der Waals surface area contributed by atoms with E-state index in [4.69, 9.17) is 27.9 Å². The third kappa shape index (κ3) is 4.99. The summed E-state index contributed by atoms with van der Waals surface area (Å²) in [6.45, 7) is 6.37. The third-order valence-corrected chi connectivity index (χ3v) is 6.15. The van der Waals surface area contributed by atoms with Gasteiger partial charge in [-0.2, -0.15) is 0 Å². The van der Waals surface area contributed by atoms with Gasteiger partial charge in [-0.25, -0.2) is 9.59 Å². The molecular weight excluding hydrogens is 433 g/mol. The van der Waals surface area contributed by atoms with Gasteiger partial charge in [-0.1, -0.05) is 50.0 Å². The molecule has 2 aliphatic heterocycles. The molecule has 2 N–H and O–H groups in total. The molecule has 0 aromatic heterocycles. The molecule has 0 spiro atoms. The molecule has 4 amide bonds. The van der Waals surface area contributed by atoms with Gasteiger partial charge in [0.15, 0.2) is 0 Å². The standard InChI is InChI=1S/C20H25Cl2N3O5/c1-20(2,3)15-9-25(19(28)29)8-12(7-24-10-16(26)23-18(24)27)17(30-15)11-4-5-13(21)14(22)6-11/h4-6,12,15,17H,7-10H2,1-3H3,(H,28,29)(H,23,26,27)/t12-,15?,17+/m1/s1. The molecule has 0 bridgehead atoms. The number of carbonyl (C=O) groups excluding carboxylic acids is 2. The van der Waals surface area contributed by atoms with E-state index in [1.807, 2.05) is 20.8 Å². The van der Waals surface area contributed by atoms with Crippen molar-refractivity contribution in [2.45, 2.75) is 33.0 Å². The summed E-state index contributed by atoms with van der Waals surface area (Å²) >= 11 is 12.3. The lowest BCUT2D eigenvalue weighted by Gasteiger charge is -2.34. The van der Waals surface area contributed by atoms with Crippen molar-refractivity contribution >= 4 is 41.2 Å². The van der Waals surface area contributed by atoms with Crippen molar-refractivity contribution in [1.82, 2.24) is 15.1 Å². The summed E-state index contributed by atoms with van der Waals surface area (Å²) in [5.41, 5.74) is 0.403. The van der Waals surface area contributed by atoms with Crippen LogP contribution in [-0.4, -0.2) is 65.2 Å². The number of benzene rings is 1. The zero-order valence-corrected chi connectivity index (χ0v) is 18.5. The smallest absolute Gasteiger partial charge is 0.407 e. The van der Waals surface area contributed by atoms with E-state index in [9.17, 15) is 19.5 Å². The number of carboxylic acid groups (broad SMARTS) is 1. The highest BCUT2D eigenvalue weighted by Crippen LogP contribution is 2.39. The minimum absolute atomic E-state index is 0.0702. The fourth-order valence-electron chi connectivity index (χ4n) is 3.73. The Morgan fingerprint density at radius 1 is 1.23 bits per heavy atom. The highest BCUT2D eigenvalue weighted by atomic mass is 35.5. The summed E-state index contributed by atoms with van der Waals surface area (Å²) < 4.78 is 6.47. The van der Waals surface area contributed by atoms with Gasteiger partial charge in [0.1, 0.15) is 6.54 Å². The van der Waals surface area contributed by atoms with Crippen molar-refractivity contribution in [3.63, 3.8) is 0 Å². The van der Waals surface area contributed by atoms with Crippen molar-refractivity contribution in [3.05, 3.63) is 33.8 Å². The maximum Gasteiger partial charge on any atom is 0.407 e. The molecule has 30 heavy (non-hydrogen) atoms. The number of amides is 4. The van der Waals surface area contributed by atoms with Crippen LogP contribution in [0.4, 0.5) is 9.59 Å². The van der Waals surface area contributed by atoms with Gasteiger partial charge >= 0.3 is 12.1 Å². The van der Waals surface area contributed by atoms with Gasteiger partial charge in [-0.3, -0.25) is 10.1 Å². The number of ether oxygens (including phenoxy) is 1. The highest BCUT2D eigenvalue weighted by molar-refractivity contribution is 6.42. The molecule has 3 rings (SSSR count). The summed E-state index contributed by atoms with van der Waals surface area (Å²) in [5.74, 6) is -0.800. The quantitative estimate of drug-likeness (QED) is 0.675. The van der Waals surface area contributed by atoms with Crippen LogP contribution < -0.4 is 5.32 Å². The Kier molecular flexibility index (Phi) is 6.50. The summed E-state index contributed by atoms with van der Waals surface area (Å²) in [6.07, 6.45) is -2.00. The molecule has 3 atom stereocenters. The first kappa shape index (κ1) is 22.7. The minimum Gasteiger partial charge on any atom is -0.465 e. The second-order valence-electron chi connectivity index (χ2n) is 8.77. The van der Waals surface area contributed by atoms with Crippen LogP contribution in [0.1, 0.15) is 32.4 Å². The highest BCUT2D eigenvalue weighted by Gasteiger charge is 2.41. The molecule has 2 saturated heterocycles. The van der Waals surface area contributed by atoms with E-state index in [1.165, 1.54) is 9.80 Å². The van der Waals surface area contributed by atoms with Crippen LogP contribution in [0.5, 0.6) is 0 Å². The Hall–Kier alpha value is -2.03. The predicted molar refractivity (Wildman–Crippen MR) is 112 cm³/mol. The Morgan fingerprint density at radius 2 is 1.93 bits per heavy atom. The molecule has 0 saturated carbocycles. The van der Waals surface area contributed by atoms with Crippen molar-refractivity contribution in [1.29, 1.82) is 0 Å². The van der Waals surface area contributed by atoms with Crippen LogP contribution >= 0.6 is 23.2 Å². The SMILES string of the molecule is CC(C)(C)C1CN(C(=O)O)C[C@@H](CN2CC(=O)NC2=O)[C@H](c2ccc(Cl)c(Cl)c2)O1. The number of imide groups is 1.